The SMILES string of the molecule is O=C(CC1CCCCO1)N1CCc2ccc(N3CCCC3)cc21. The van der Waals surface area contributed by atoms with Gasteiger partial charge in [0.05, 0.1) is 12.5 Å². The van der Waals surface area contributed by atoms with Crippen molar-refractivity contribution >= 4 is 17.3 Å². The normalized spacial score (nSPS) is 24.1. The molecule has 0 spiro atoms. The summed E-state index contributed by atoms with van der Waals surface area (Å²) in [6, 6.07) is 6.67. The van der Waals surface area contributed by atoms with Gasteiger partial charge in [0.25, 0.3) is 0 Å². The van der Waals surface area contributed by atoms with Gasteiger partial charge in [-0.1, -0.05) is 6.07 Å². The van der Waals surface area contributed by atoms with E-state index in [-0.39, 0.29) is 12.0 Å². The number of fused-ring (bicyclic) bond motifs is 1. The number of ether oxygens (including phenoxy) is 1. The number of benzene rings is 1. The second kappa shape index (κ2) is 6.52. The number of rotatable bonds is 3. The van der Waals surface area contributed by atoms with Crippen LogP contribution in [0.5, 0.6) is 0 Å². The lowest BCUT2D eigenvalue weighted by Crippen LogP contribution is -2.33. The summed E-state index contributed by atoms with van der Waals surface area (Å²) in [5.41, 5.74) is 3.72. The van der Waals surface area contributed by atoms with Crippen LogP contribution in [0.15, 0.2) is 18.2 Å². The van der Waals surface area contributed by atoms with Crippen LogP contribution in [0.4, 0.5) is 11.4 Å². The van der Waals surface area contributed by atoms with Crippen LogP contribution in [-0.4, -0.2) is 38.3 Å². The van der Waals surface area contributed by atoms with E-state index >= 15 is 0 Å². The number of hydrogen-bond donors (Lipinski definition) is 0. The first kappa shape index (κ1) is 15.0. The fraction of sp³-hybridized carbons (Fsp3) is 0.632. The van der Waals surface area contributed by atoms with Crippen LogP contribution in [0.25, 0.3) is 0 Å². The molecule has 0 aromatic heterocycles. The van der Waals surface area contributed by atoms with E-state index in [0.717, 1.165) is 51.2 Å². The Balaban J connectivity index is 1.49. The van der Waals surface area contributed by atoms with Crippen LogP contribution < -0.4 is 9.80 Å². The Morgan fingerprint density at radius 1 is 1.13 bits per heavy atom. The van der Waals surface area contributed by atoms with Gasteiger partial charge in [0.15, 0.2) is 0 Å². The molecule has 0 saturated carbocycles. The van der Waals surface area contributed by atoms with Crippen molar-refractivity contribution < 1.29 is 9.53 Å². The molecule has 1 amide bonds. The zero-order chi connectivity index (χ0) is 15.6. The average molecular weight is 314 g/mol. The van der Waals surface area contributed by atoms with Crippen molar-refractivity contribution in [3.05, 3.63) is 23.8 Å². The number of carbonyl (C=O) groups excluding carboxylic acids is 1. The molecule has 2 saturated heterocycles. The minimum Gasteiger partial charge on any atom is -0.378 e. The summed E-state index contributed by atoms with van der Waals surface area (Å²) in [5, 5.41) is 0. The zero-order valence-corrected chi connectivity index (χ0v) is 13.8. The Bertz CT molecular complexity index is 575. The zero-order valence-electron chi connectivity index (χ0n) is 13.8. The molecule has 3 heterocycles. The van der Waals surface area contributed by atoms with E-state index in [1.807, 2.05) is 4.90 Å². The summed E-state index contributed by atoms with van der Waals surface area (Å²) in [6.07, 6.45) is 7.55. The molecule has 1 unspecified atom stereocenters. The van der Waals surface area contributed by atoms with Crippen LogP contribution in [-0.2, 0) is 16.0 Å². The third kappa shape index (κ3) is 3.09. The summed E-state index contributed by atoms with van der Waals surface area (Å²) in [7, 11) is 0. The molecule has 124 valence electrons. The van der Waals surface area contributed by atoms with Crippen molar-refractivity contribution in [2.24, 2.45) is 0 Å². The molecule has 1 aromatic rings. The van der Waals surface area contributed by atoms with Crippen LogP contribution in [0, 0.1) is 0 Å². The molecule has 1 aromatic carbocycles. The highest BCUT2D eigenvalue weighted by Gasteiger charge is 2.28. The van der Waals surface area contributed by atoms with E-state index in [2.05, 4.69) is 23.1 Å². The van der Waals surface area contributed by atoms with Crippen LogP contribution in [0.2, 0.25) is 0 Å². The first-order valence-corrected chi connectivity index (χ1v) is 9.11. The number of carbonyl (C=O) groups is 1. The van der Waals surface area contributed by atoms with Crippen molar-refractivity contribution in [2.75, 3.05) is 36.0 Å². The summed E-state index contributed by atoms with van der Waals surface area (Å²) in [6.45, 7) is 3.92. The molecule has 4 nitrogen and oxygen atoms in total. The van der Waals surface area contributed by atoms with Gasteiger partial charge in [-0.25, -0.2) is 0 Å². The summed E-state index contributed by atoms with van der Waals surface area (Å²) >= 11 is 0. The molecule has 0 bridgehead atoms. The van der Waals surface area contributed by atoms with E-state index in [9.17, 15) is 4.79 Å². The molecule has 4 heteroatoms. The quantitative estimate of drug-likeness (QED) is 0.859. The predicted molar refractivity (Wildman–Crippen MR) is 92.2 cm³/mol. The van der Waals surface area contributed by atoms with Gasteiger partial charge in [0.1, 0.15) is 0 Å². The molecule has 3 aliphatic heterocycles. The average Bonchev–Trinajstić information content (AvgIpc) is 3.25. The highest BCUT2D eigenvalue weighted by Crippen LogP contribution is 2.34. The smallest absolute Gasteiger partial charge is 0.229 e. The minimum absolute atomic E-state index is 0.127. The van der Waals surface area contributed by atoms with Gasteiger partial charge in [-0.3, -0.25) is 4.79 Å². The van der Waals surface area contributed by atoms with E-state index in [1.165, 1.54) is 30.5 Å². The van der Waals surface area contributed by atoms with E-state index in [0.29, 0.717) is 6.42 Å². The summed E-state index contributed by atoms with van der Waals surface area (Å²) < 4.78 is 5.75. The molecule has 3 aliphatic rings. The Morgan fingerprint density at radius 2 is 2.00 bits per heavy atom. The Kier molecular flexibility index (Phi) is 4.25. The second-order valence-electron chi connectivity index (χ2n) is 7.00. The van der Waals surface area contributed by atoms with Crippen LogP contribution in [0.1, 0.15) is 44.1 Å². The molecule has 23 heavy (non-hydrogen) atoms. The van der Waals surface area contributed by atoms with Crippen molar-refractivity contribution in [3.63, 3.8) is 0 Å². The number of amides is 1. The van der Waals surface area contributed by atoms with E-state index in [1.54, 1.807) is 0 Å². The highest BCUT2D eigenvalue weighted by molar-refractivity contribution is 5.96. The second-order valence-corrected chi connectivity index (χ2v) is 7.00. The molecule has 2 fully saturated rings. The Hall–Kier alpha value is -1.55. The molecule has 0 radical (unpaired) electrons. The topological polar surface area (TPSA) is 32.8 Å². The van der Waals surface area contributed by atoms with Crippen molar-refractivity contribution in [1.82, 2.24) is 0 Å². The van der Waals surface area contributed by atoms with E-state index in [4.69, 9.17) is 4.74 Å². The monoisotopic (exact) mass is 314 g/mol. The van der Waals surface area contributed by atoms with Gasteiger partial charge >= 0.3 is 0 Å². The third-order valence-electron chi connectivity index (χ3n) is 5.41. The first-order valence-electron chi connectivity index (χ1n) is 9.11. The maximum atomic E-state index is 12.7. The lowest BCUT2D eigenvalue weighted by atomic mass is 10.1. The highest BCUT2D eigenvalue weighted by atomic mass is 16.5. The molecular weight excluding hydrogens is 288 g/mol. The van der Waals surface area contributed by atoms with E-state index < -0.39 is 0 Å². The Morgan fingerprint density at radius 3 is 2.78 bits per heavy atom. The molecule has 1 atom stereocenters. The van der Waals surface area contributed by atoms with Gasteiger partial charge in [0.2, 0.25) is 5.91 Å². The fourth-order valence-electron chi connectivity index (χ4n) is 4.07. The lowest BCUT2D eigenvalue weighted by molar-refractivity contribution is -0.122. The standard InChI is InChI=1S/C19H26N2O2/c22-19(14-17-5-1-4-12-23-17)21-11-8-15-6-7-16(13-18(15)21)20-9-2-3-10-20/h6-7,13,17H,1-5,8-12,14H2. The van der Waals surface area contributed by atoms with Crippen molar-refractivity contribution in [1.29, 1.82) is 0 Å². The number of anilines is 2. The molecular formula is C19H26N2O2. The van der Waals surface area contributed by atoms with Crippen molar-refractivity contribution in [3.8, 4) is 0 Å². The van der Waals surface area contributed by atoms with Gasteiger partial charge in [0, 0.05) is 37.6 Å². The maximum absolute atomic E-state index is 12.7. The van der Waals surface area contributed by atoms with Gasteiger partial charge in [-0.2, -0.15) is 0 Å². The predicted octanol–water partition coefficient (Wildman–Crippen LogP) is 3.14. The number of nitrogens with zero attached hydrogens (tertiary/aromatic N) is 2. The maximum Gasteiger partial charge on any atom is 0.229 e. The summed E-state index contributed by atoms with van der Waals surface area (Å²) in [5.74, 6) is 0.231. The van der Waals surface area contributed by atoms with Gasteiger partial charge in [-0.05, 0) is 56.2 Å². The summed E-state index contributed by atoms with van der Waals surface area (Å²) in [4.78, 5) is 17.2. The molecule has 0 aliphatic carbocycles. The fourth-order valence-corrected chi connectivity index (χ4v) is 4.07. The van der Waals surface area contributed by atoms with Gasteiger partial charge < -0.3 is 14.5 Å². The lowest BCUT2D eigenvalue weighted by Gasteiger charge is -2.26. The van der Waals surface area contributed by atoms with Crippen LogP contribution in [0.3, 0.4) is 0 Å². The molecule has 4 rings (SSSR count). The Labute approximate surface area is 138 Å². The van der Waals surface area contributed by atoms with Crippen LogP contribution >= 0.6 is 0 Å². The van der Waals surface area contributed by atoms with Crippen molar-refractivity contribution in [2.45, 2.75) is 51.0 Å². The first-order chi connectivity index (χ1) is 11.3. The minimum atomic E-state index is 0.127. The number of hydrogen-bond acceptors (Lipinski definition) is 3. The third-order valence-corrected chi connectivity index (χ3v) is 5.41. The van der Waals surface area contributed by atoms with Gasteiger partial charge in [-0.15, -0.1) is 0 Å². The largest absolute Gasteiger partial charge is 0.378 e. The molecule has 0 N–H and O–H groups in total.